The van der Waals surface area contributed by atoms with E-state index in [0.29, 0.717) is 0 Å². The fourth-order valence-electron chi connectivity index (χ4n) is 3.00. The fourth-order valence-corrected chi connectivity index (χ4v) is 3.00. The summed E-state index contributed by atoms with van der Waals surface area (Å²) in [4.78, 5) is 2.58. The van der Waals surface area contributed by atoms with Crippen molar-refractivity contribution in [3.05, 3.63) is 35.4 Å². The van der Waals surface area contributed by atoms with Gasteiger partial charge in [-0.25, -0.2) is 0 Å². The van der Waals surface area contributed by atoms with E-state index < -0.39 is 0 Å². The molecule has 1 aromatic carbocycles. The lowest BCUT2D eigenvalue weighted by atomic mass is 9.97. The van der Waals surface area contributed by atoms with Crippen molar-refractivity contribution in [1.29, 1.82) is 0 Å². The Kier molecular flexibility index (Phi) is 4.16. The summed E-state index contributed by atoms with van der Waals surface area (Å²) in [5.74, 6) is 0. The minimum absolute atomic E-state index is 0.253. The van der Waals surface area contributed by atoms with Gasteiger partial charge in [0.15, 0.2) is 0 Å². The molecule has 1 atom stereocenters. The Morgan fingerprint density at radius 2 is 2.11 bits per heavy atom. The van der Waals surface area contributed by atoms with E-state index in [9.17, 15) is 0 Å². The molecule has 1 heterocycles. The van der Waals surface area contributed by atoms with E-state index >= 15 is 0 Å². The van der Waals surface area contributed by atoms with Crippen LogP contribution in [-0.4, -0.2) is 37.2 Å². The van der Waals surface area contributed by atoms with Gasteiger partial charge in [0.2, 0.25) is 0 Å². The van der Waals surface area contributed by atoms with Gasteiger partial charge in [-0.15, -0.1) is 0 Å². The van der Waals surface area contributed by atoms with E-state index in [-0.39, 0.29) is 6.10 Å². The van der Waals surface area contributed by atoms with Gasteiger partial charge >= 0.3 is 0 Å². The van der Waals surface area contributed by atoms with Gasteiger partial charge in [-0.3, -0.25) is 4.90 Å². The van der Waals surface area contributed by atoms with Crippen LogP contribution in [0.4, 0.5) is 0 Å². The highest BCUT2D eigenvalue weighted by atomic mass is 16.5. The molecular weight excluding hydrogens is 236 g/mol. The van der Waals surface area contributed by atoms with Crippen molar-refractivity contribution >= 4 is 0 Å². The predicted molar refractivity (Wildman–Crippen MR) is 77.1 cm³/mol. The molecule has 3 heteroatoms. The van der Waals surface area contributed by atoms with Crippen LogP contribution in [-0.2, 0) is 11.2 Å². The Hall–Kier alpha value is -0.900. The SMILES string of the molecule is NCCCN(CC1OCCc2ccccc21)C1CC1. The lowest BCUT2D eigenvalue weighted by Gasteiger charge is -2.31. The van der Waals surface area contributed by atoms with Crippen LogP contribution < -0.4 is 5.73 Å². The van der Waals surface area contributed by atoms with Gasteiger partial charge in [0.1, 0.15) is 0 Å². The van der Waals surface area contributed by atoms with Crippen LogP contribution in [0.1, 0.15) is 36.5 Å². The number of ether oxygens (including phenoxy) is 1. The van der Waals surface area contributed by atoms with Crippen LogP contribution in [0.5, 0.6) is 0 Å². The lowest BCUT2D eigenvalue weighted by Crippen LogP contribution is -2.35. The summed E-state index contributed by atoms with van der Waals surface area (Å²) in [5, 5.41) is 0. The first kappa shape index (κ1) is 13.1. The topological polar surface area (TPSA) is 38.5 Å². The second-order valence-electron chi connectivity index (χ2n) is 5.68. The minimum atomic E-state index is 0.253. The molecule has 104 valence electrons. The molecular formula is C16H24N2O. The summed E-state index contributed by atoms with van der Waals surface area (Å²) in [6, 6.07) is 9.51. The van der Waals surface area contributed by atoms with Gasteiger partial charge < -0.3 is 10.5 Å². The smallest absolute Gasteiger partial charge is 0.0954 e. The number of nitrogens with two attached hydrogens (primary N) is 1. The van der Waals surface area contributed by atoms with Crippen LogP contribution in [0.25, 0.3) is 0 Å². The average molecular weight is 260 g/mol. The molecule has 2 N–H and O–H groups in total. The second-order valence-corrected chi connectivity index (χ2v) is 5.68. The van der Waals surface area contributed by atoms with Gasteiger partial charge in [0.25, 0.3) is 0 Å². The second kappa shape index (κ2) is 6.04. The molecule has 1 saturated carbocycles. The lowest BCUT2D eigenvalue weighted by molar-refractivity contribution is 0.0139. The van der Waals surface area contributed by atoms with Gasteiger partial charge in [-0.1, -0.05) is 24.3 Å². The van der Waals surface area contributed by atoms with E-state index in [2.05, 4.69) is 29.2 Å². The van der Waals surface area contributed by atoms with Crippen molar-refractivity contribution in [2.75, 3.05) is 26.2 Å². The molecule has 19 heavy (non-hydrogen) atoms. The third kappa shape index (κ3) is 3.16. The van der Waals surface area contributed by atoms with Crippen LogP contribution >= 0.6 is 0 Å². The number of nitrogens with zero attached hydrogens (tertiary/aromatic N) is 1. The quantitative estimate of drug-likeness (QED) is 0.851. The highest BCUT2D eigenvalue weighted by Crippen LogP contribution is 2.32. The molecule has 1 aromatic rings. The van der Waals surface area contributed by atoms with Crippen molar-refractivity contribution in [2.24, 2.45) is 5.73 Å². The highest BCUT2D eigenvalue weighted by Gasteiger charge is 2.32. The molecule has 0 saturated heterocycles. The first-order valence-electron chi connectivity index (χ1n) is 7.52. The Morgan fingerprint density at radius 3 is 2.89 bits per heavy atom. The van der Waals surface area contributed by atoms with E-state index in [1.807, 2.05) is 0 Å². The zero-order valence-electron chi connectivity index (χ0n) is 11.6. The van der Waals surface area contributed by atoms with Crippen molar-refractivity contribution in [3.8, 4) is 0 Å². The molecule has 1 fully saturated rings. The Labute approximate surface area is 115 Å². The van der Waals surface area contributed by atoms with Gasteiger partial charge in [0, 0.05) is 12.6 Å². The van der Waals surface area contributed by atoms with E-state index in [4.69, 9.17) is 10.5 Å². The molecule has 0 aromatic heterocycles. The number of hydrogen-bond donors (Lipinski definition) is 1. The zero-order valence-corrected chi connectivity index (χ0v) is 11.6. The molecule has 2 aliphatic rings. The molecule has 1 aliphatic carbocycles. The third-order valence-corrected chi connectivity index (χ3v) is 4.21. The molecule has 0 bridgehead atoms. The highest BCUT2D eigenvalue weighted by molar-refractivity contribution is 5.31. The summed E-state index contributed by atoms with van der Waals surface area (Å²) in [6.45, 7) is 3.78. The molecule has 0 radical (unpaired) electrons. The van der Waals surface area contributed by atoms with Crippen molar-refractivity contribution in [1.82, 2.24) is 4.90 Å². The van der Waals surface area contributed by atoms with Crippen LogP contribution in [0.2, 0.25) is 0 Å². The monoisotopic (exact) mass is 260 g/mol. The van der Waals surface area contributed by atoms with Crippen molar-refractivity contribution < 1.29 is 4.74 Å². The number of fused-ring (bicyclic) bond motifs is 1. The summed E-state index contributed by atoms with van der Waals surface area (Å²) in [6.07, 6.45) is 5.09. The molecule has 3 nitrogen and oxygen atoms in total. The molecule has 3 rings (SSSR count). The van der Waals surface area contributed by atoms with Gasteiger partial charge in [-0.05, 0) is 49.9 Å². The predicted octanol–water partition coefficient (Wildman–Crippen LogP) is 2.11. The number of rotatable bonds is 6. The van der Waals surface area contributed by atoms with E-state index in [1.165, 1.54) is 24.0 Å². The maximum absolute atomic E-state index is 6.02. The first-order valence-corrected chi connectivity index (χ1v) is 7.52. The first-order chi connectivity index (χ1) is 9.38. The van der Waals surface area contributed by atoms with Gasteiger partial charge in [-0.2, -0.15) is 0 Å². The summed E-state index contributed by atoms with van der Waals surface area (Å²) in [5.41, 5.74) is 8.51. The Balaban J connectivity index is 1.68. The molecule has 1 aliphatic heterocycles. The van der Waals surface area contributed by atoms with Crippen LogP contribution in [0, 0.1) is 0 Å². The number of benzene rings is 1. The summed E-state index contributed by atoms with van der Waals surface area (Å²) < 4.78 is 6.02. The largest absolute Gasteiger partial charge is 0.372 e. The maximum atomic E-state index is 6.02. The Bertz CT molecular complexity index is 417. The third-order valence-electron chi connectivity index (χ3n) is 4.21. The summed E-state index contributed by atoms with van der Waals surface area (Å²) >= 11 is 0. The maximum Gasteiger partial charge on any atom is 0.0954 e. The zero-order chi connectivity index (χ0) is 13.1. The van der Waals surface area contributed by atoms with Crippen molar-refractivity contribution in [3.63, 3.8) is 0 Å². The van der Waals surface area contributed by atoms with Crippen LogP contribution in [0.3, 0.4) is 0 Å². The van der Waals surface area contributed by atoms with Crippen LogP contribution in [0.15, 0.2) is 24.3 Å². The molecule has 0 amide bonds. The van der Waals surface area contributed by atoms with E-state index in [1.54, 1.807) is 0 Å². The van der Waals surface area contributed by atoms with E-state index in [0.717, 1.165) is 45.1 Å². The average Bonchev–Trinajstić information content (AvgIpc) is 3.28. The normalized spacial score (nSPS) is 22.5. The standard InChI is InChI=1S/C16H24N2O/c17-9-3-10-18(14-6-7-14)12-16-15-5-2-1-4-13(15)8-11-19-16/h1-2,4-5,14,16H,3,6-12,17H2. The minimum Gasteiger partial charge on any atom is -0.372 e. The molecule has 0 spiro atoms. The summed E-state index contributed by atoms with van der Waals surface area (Å²) in [7, 11) is 0. The Morgan fingerprint density at radius 1 is 1.26 bits per heavy atom. The van der Waals surface area contributed by atoms with Crippen molar-refractivity contribution in [2.45, 2.75) is 37.8 Å². The van der Waals surface area contributed by atoms with Gasteiger partial charge in [0.05, 0.1) is 12.7 Å². The number of hydrogen-bond acceptors (Lipinski definition) is 3. The molecule has 1 unspecified atom stereocenters. The fraction of sp³-hybridized carbons (Fsp3) is 0.625.